The molecule has 0 aromatic rings. The number of methoxy groups -OCH3 is 1. The van der Waals surface area contributed by atoms with Gasteiger partial charge in [0.1, 0.15) is 0 Å². The second kappa shape index (κ2) is 8.23. The second-order valence-electron chi connectivity index (χ2n) is 2.71. The van der Waals surface area contributed by atoms with Crippen molar-refractivity contribution in [1.29, 1.82) is 0 Å². The summed E-state index contributed by atoms with van der Waals surface area (Å²) >= 11 is 0.977. The minimum Gasteiger partial charge on any atom is -0.466 e. The predicted octanol–water partition coefficient (Wildman–Crippen LogP) is 1.34. The van der Waals surface area contributed by atoms with Crippen LogP contribution in [0, 0.1) is 0 Å². The first-order valence-corrected chi connectivity index (χ1v) is 5.57. The molecule has 0 aromatic carbocycles. The number of hydrogen-bond acceptors (Lipinski definition) is 5. The summed E-state index contributed by atoms with van der Waals surface area (Å²) in [6.07, 6.45) is 3.75. The first kappa shape index (κ1) is 13.9. The van der Waals surface area contributed by atoms with Crippen LogP contribution >= 0.6 is 11.8 Å². The van der Waals surface area contributed by atoms with Crippen molar-refractivity contribution in [2.45, 2.75) is 19.8 Å². The number of ether oxygens (including phenoxy) is 1. The van der Waals surface area contributed by atoms with Crippen molar-refractivity contribution in [2.24, 2.45) is 0 Å². The van der Waals surface area contributed by atoms with E-state index in [0.717, 1.165) is 36.8 Å². The third-order valence-corrected chi connectivity index (χ3v) is 2.46. The van der Waals surface area contributed by atoms with E-state index in [-0.39, 0.29) is 0 Å². The predicted molar refractivity (Wildman–Crippen MR) is 58.5 cm³/mol. The molecule has 0 atom stereocenters. The van der Waals surface area contributed by atoms with E-state index in [1.807, 2.05) is 6.92 Å². The van der Waals surface area contributed by atoms with Gasteiger partial charge < -0.3 is 4.74 Å². The average molecular weight is 230 g/mol. The molecule has 15 heavy (non-hydrogen) atoms. The van der Waals surface area contributed by atoms with Gasteiger partial charge in [-0.1, -0.05) is 25.1 Å². The van der Waals surface area contributed by atoms with Gasteiger partial charge >= 0.3 is 5.97 Å². The summed E-state index contributed by atoms with van der Waals surface area (Å²) < 4.78 is 4.28. The Hall–Kier alpha value is -1.10. The zero-order valence-corrected chi connectivity index (χ0v) is 9.63. The van der Waals surface area contributed by atoms with Gasteiger partial charge in [0.15, 0.2) is 0 Å². The molecular weight excluding hydrogens is 216 g/mol. The fourth-order valence-corrected chi connectivity index (χ4v) is 1.49. The van der Waals surface area contributed by atoms with E-state index in [1.54, 1.807) is 0 Å². The molecule has 0 saturated heterocycles. The highest BCUT2D eigenvalue weighted by atomic mass is 32.2. The van der Waals surface area contributed by atoms with Gasteiger partial charge in [-0.25, -0.2) is 4.79 Å². The summed E-state index contributed by atoms with van der Waals surface area (Å²) in [4.78, 5) is 32.8. The lowest BCUT2D eigenvalue weighted by molar-refractivity contribution is -0.135. The smallest absolute Gasteiger partial charge is 0.330 e. The van der Waals surface area contributed by atoms with Crippen LogP contribution in [0.25, 0.3) is 0 Å². The van der Waals surface area contributed by atoms with Crippen LogP contribution in [0.15, 0.2) is 12.2 Å². The maximum Gasteiger partial charge on any atom is 0.330 e. The van der Waals surface area contributed by atoms with Gasteiger partial charge in [-0.3, -0.25) is 9.59 Å². The maximum atomic E-state index is 11.1. The van der Waals surface area contributed by atoms with Crippen molar-refractivity contribution in [3.05, 3.63) is 12.2 Å². The van der Waals surface area contributed by atoms with Crippen LogP contribution in [0.4, 0.5) is 0 Å². The van der Waals surface area contributed by atoms with Crippen LogP contribution in [0.3, 0.4) is 0 Å². The quantitative estimate of drug-likeness (QED) is 0.298. The summed E-state index contributed by atoms with van der Waals surface area (Å²) in [7, 11) is 1.20. The summed E-state index contributed by atoms with van der Waals surface area (Å²) in [5, 5.41) is -0.538. The lowest BCUT2D eigenvalue weighted by Crippen LogP contribution is -2.08. The summed E-state index contributed by atoms with van der Waals surface area (Å²) in [5.41, 5.74) is 0. The Morgan fingerprint density at radius 1 is 1.27 bits per heavy atom. The fourth-order valence-electron chi connectivity index (χ4n) is 0.660. The standard InChI is InChI=1S/C10H14O4S/c1-3-4-7-15-10(13)8(11)5-6-9(12)14-2/h5-6H,3-4,7H2,1-2H3/b6-5+. The van der Waals surface area contributed by atoms with Gasteiger partial charge in [0.2, 0.25) is 5.78 Å². The number of rotatable bonds is 6. The minimum absolute atomic E-state index is 0.538. The molecular formula is C10H14O4S. The molecule has 0 N–H and O–H groups in total. The number of unbranched alkanes of at least 4 members (excludes halogenated alkanes) is 1. The minimum atomic E-state index is -0.679. The van der Waals surface area contributed by atoms with E-state index in [4.69, 9.17) is 0 Å². The van der Waals surface area contributed by atoms with E-state index in [1.165, 1.54) is 7.11 Å². The average Bonchev–Trinajstić information content (AvgIpc) is 2.25. The van der Waals surface area contributed by atoms with Gasteiger partial charge in [-0.15, -0.1) is 0 Å². The van der Waals surface area contributed by atoms with Crippen LogP contribution in [-0.4, -0.2) is 29.7 Å². The zero-order valence-electron chi connectivity index (χ0n) is 8.82. The molecule has 0 aliphatic rings. The van der Waals surface area contributed by atoms with Gasteiger partial charge in [-0.05, 0) is 12.5 Å². The van der Waals surface area contributed by atoms with E-state index < -0.39 is 16.9 Å². The Kier molecular flexibility index (Phi) is 7.62. The molecule has 0 bridgehead atoms. The highest BCUT2D eigenvalue weighted by Gasteiger charge is 2.10. The Labute approximate surface area is 93.1 Å². The van der Waals surface area contributed by atoms with E-state index >= 15 is 0 Å². The zero-order chi connectivity index (χ0) is 11.7. The third kappa shape index (κ3) is 6.90. The molecule has 84 valence electrons. The van der Waals surface area contributed by atoms with Crippen LogP contribution in [-0.2, 0) is 19.1 Å². The third-order valence-electron chi connectivity index (χ3n) is 1.50. The normalized spacial score (nSPS) is 10.3. The molecule has 0 unspecified atom stereocenters. The summed E-state index contributed by atoms with van der Waals surface area (Å²) in [6.45, 7) is 2.00. The number of carbonyl (C=O) groups is 3. The van der Waals surface area contributed by atoms with E-state index in [0.29, 0.717) is 5.75 Å². The lowest BCUT2D eigenvalue weighted by atomic mass is 10.4. The Bertz CT molecular complexity index is 271. The molecule has 0 aliphatic carbocycles. The molecule has 0 spiro atoms. The largest absolute Gasteiger partial charge is 0.466 e. The van der Waals surface area contributed by atoms with E-state index in [2.05, 4.69) is 4.74 Å². The fraction of sp³-hybridized carbons (Fsp3) is 0.500. The molecule has 0 aromatic heterocycles. The molecule has 0 saturated carbocycles. The first-order valence-electron chi connectivity index (χ1n) is 4.59. The molecule has 0 radical (unpaired) electrons. The number of ketones is 1. The van der Waals surface area contributed by atoms with Crippen molar-refractivity contribution in [2.75, 3.05) is 12.9 Å². The maximum absolute atomic E-state index is 11.1. The number of esters is 1. The summed E-state index contributed by atoms with van der Waals surface area (Å²) in [5.74, 6) is -0.691. The van der Waals surface area contributed by atoms with E-state index in [9.17, 15) is 14.4 Å². The monoisotopic (exact) mass is 230 g/mol. The Morgan fingerprint density at radius 2 is 1.93 bits per heavy atom. The molecule has 0 heterocycles. The summed E-state index contributed by atoms with van der Waals surface area (Å²) in [6, 6.07) is 0. The topological polar surface area (TPSA) is 60.4 Å². The number of allylic oxidation sites excluding steroid dienone is 1. The lowest BCUT2D eigenvalue weighted by Gasteiger charge is -1.95. The number of thioether (sulfide) groups is 1. The molecule has 5 heteroatoms. The van der Waals surface area contributed by atoms with Crippen LogP contribution in [0.1, 0.15) is 19.8 Å². The Balaban J connectivity index is 3.94. The molecule has 0 rings (SSSR count). The van der Waals surface area contributed by atoms with Crippen molar-refractivity contribution < 1.29 is 19.1 Å². The second-order valence-corrected chi connectivity index (χ2v) is 3.78. The Morgan fingerprint density at radius 3 is 2.47 bits per heavy atom. The van der Waals surface area contributed by atoms with Gasteiger partial charge in [0, 0.05) is 11.8 Å². The highest BCUT2D eigenvalue weighted by molar-refractivity contribution is 8.15. The van der Waals surface area contributed by atoms with Crippen LogP contribution in [0.5, 0.6) is 0 Å². The van der Waals surface area contributed by atoms with Gasteiger partial charge in [0.05, 0.1) is 7.11 Å². The number of hydrogen-bond donors (Lipinski definition) is 0. The van der Waals surface area contributed by atoms with Crippen molar-refractivity contribution >= 4 is 28.6 Å². The molecule has 0 amide bonds. The first-order chi connectivity index (χ1) is 7.11. The highest BCUT2D eigenvalue weighted by Crippen LogP contribution is 2.06. The van der Waals surface area contributed by atoms with Crippen molar-refractivity contribution in [1.82, 2.24) is 0 Å². The van der Waals surface area contributed by atoms with Crippen LogP contribution < -0.4 is 0 Å². The SMILES string of the molecule is CCCCSC(=O)C(=O)/C=C/C(=O)OC. The molecule has 4 nitrogen and oxygen atoms in total. The number of carbonyl (C=O) groups excluding carboxylic acids is 3. The van der Waals surface area contributed by atoms with Crippen molar-refractivity contribution in [3.8, 4) is 0 Å². The van der Waals surface area contributed by atoms with Crippen molar-refractivity contribution in [3.63, 3.8) is 0 Å². The van der Waals surface area contributed by atoms with Gasteiger partial charge in [-0.2, -0.15) is 0 Å². The van der Waals surface area contributed by atoms with Gasteiger partial charge in [0.25, 0.3) is 5.12 Å². The molecule has 0 aliphatic heterocycles. The molecule has 0 fully saturated rings. The van der Waals surface area contributed by atoms with Crippen LogP contribution in [0.2, 0.25) is 0 Å².